The summed E-state index contributed by atoms with van der Waals surface area (Å²) in [5.41, 5.74) is 0.242. The maximum Gasteiger partial charge on any atom is 0.321 e. The number of hydrogen-bond acceptors (Lipinski definition) is 3. The molecular formula is C16H19FN2O3. The Hall–Kier alpha value is -2.26. The summed E-state index contributed by atoms with van der Waals surface area (Å²) in [4.78, 5) is 13.9. The second-order valence-corrected chi connectivity index (χ2v) is 5.20. The molecule has 1 fully saturated rings. The van der Waals surface area contributed by atoms with Crippen molar-refractivity contribution in [1.82, 2.24) is 4.90 Å². The number of nitrogens with one attached hydrogen (secondary N) is 1. The largest absolute Gasteiger partial charge is 0.479 e. The summed E-state index contributed by atoms with van der Waals surface area (Å²) in [5.74, 6) is 2.25. The number of amides is 2. The quantitative estimate of drug-likeness (QED) is 0.837. The van der Waals surface area contributed by atoms with E-state index in [1.165, 1.54) is 18.2 Å². The number of urea groups is 1. The molecule has 1 aromatic rings. The summed E-state index contributed by atoms with van der Waals surface area (Å²) in [6, 6.07) is 3.52. The predicted molar refractivity (Wildman–Crippen MR) is 81.1 cm³/mol. The molecule has 1 heterocycles. The molecule has 118 valence electrons. The minimum Gasteiger partial charge on any atom is -0.479 e. The number of benzene rings is 1. The molecule has 1 aliphatic rings. The zero-order valence-electron chi connectivity index (χ0n) is 12.2. The van der Waals surface area contributed by atoms with E-state index in [0.717, 1.165) is 12.8 Å². The number of anilines is 1. The fourth-order valence-electron chi connectivity index (χ4n) is 2.44. The topological polar surface area (TPSA) is 61.8 Å². The number of carbonyl (C=O) groups excluding carboxylic acids is 1. The van der Waals surface area contributed by atoms with Crippen LogP contribution in [0.25, 0.3) is 0 Å². The van der Waals surface area contributed by atoms with Crippen LogP contribution in [0.15, 0.2) is 18.2 Å². The van der Waals surface area contributed by atoms with E-state index in [1.807, 2.05) is 0 Å². The van der Waals surface area contributed by atoms with Gasteiger partial charge in [-0.25, -0.2) is 9.18 Å². The molecule has 1 unspecified atom stereocenters. The lowest BCUT2D eigenvalue weighted by atomic mass is 9.99. The molecule has 0 aliphatic carbocycles. The number of rotatable bonds is 4. The minimum atomic E-state index is -0.477. The first-order chi connectivity index (χ1) is 10.6. The molecule has 0 saturated carbocycles. The fourth-order valence-corrected chi connectivity index (χ4v) is 2.44. The van der Waals surface area contributed by atoms with Crippen molar-refractivity contribution in [2.24, 2.45) is 5.92 Å². The summed E-state index contributed by atoms with van der Waals surface area (Å²) in [5, 5.41) is 11.9. The highest BCUT2D eigenvalue weighted by Gasteiger charge is 2.23. The maximum absolute atomic E-state index is 13.4. The van der Waals surface area contributed by atoms with Crippen LogP contribution >= 0.6 is 0 Å². The molecule has 0 radical (unpaired) electrons. The Bertz CT molecular complexity index is 571. The third-order valence-corrected chi connectivity index (χ3v) is 3.56. The Morgan fingerprint density at radius 2 is 2.41 bits per heavy atom. The Labute approximate surface area is 129 Å². The van der Waals surface area contributed by atoms with Crippen molar-refractivity contribution in [1.29, 1.82) is 0 Å². The summed E-state index contributed by atoms with van der Waals surface area (Å²) >= 11 is 0. The van der Waals surface area contributed by atoms with Crippen LogP contribution in [0, 0.1) is 24.1 Å². The van der Waals surface area contributed by atoms with Crippen molar-refractivity contribution in [2.45, 2.75) is 12.8 Å². The molecule has 1 aromatic carbocycles. The molecular weight excluding hydrogens is 287 g/mol. The predicted octanol–water partition coefficient (Wildman–Crippen LogP) is 2.07. The van der Waals surface area contributed by atoms with Gasteiger partial charge >= 0.3 is 6.03 Å². The number of nitrogens with zero attached hydrogens (tertiary/aromatic N) is 1. The molecule has 2 amide bonds. The van der Waals surface area contributed by atoms with Gasteiger partial charge in [0.1, 0.15) is 18.2 Å². The molecule has 22 heavy (non-hydrogen) atoms. The van der Waals surface area contributed by atoms with E-state index in [-0.39, 0.29) is 30.9 Å². The first kappa shape index (κ1) is 16.1. The highest BCUT2D eigenvalue weighted by Crippen LogP contribution is 2.26. The number of terminal acetylenes is 1. The number of ether oxygens (including phenoxy) is 1. The van der Waals surface area contributed by atoms with Crippen LogP contribution in [0.2, 0.25) is 0 Å². The standard InChI is InChI=1S/C16H19FN2O3/c1-2-8-22-15-6-5-13(17)9-14(15)18-16(21)19-7-3-4-12(10-19)11-20/h1,5-6,9,12,20H,3-4,7-8,10-11H2,(H,18,21). The van der Waals surface area contributed by atoms with Crippen LogP contribution in [-0.4, -0.2) is 42.3 Å². The number of carbonyl (C=O) groups is 1. The lowest BCUT2D eigenvalue weighted by molar-refractivity contribution is 0.136. The van der Waals surface area contributed by atoms with Gasteiger partial charge in [0.15, 0.2) is 0 Å². The zero-order chi connectivity index (χ0) is 15.9. The molecule has 6 heteroatoms. The van der Waals surface area contributed by atoms with E-state index in [0.29, 0.717) is 18.8 Å². The van der Waals surface area contributed by atoms with Gasteiger partial charge in [-0.05, 0) is 30.9 Å². The van der Waals surface area contributed by atoms with Crippen LogP contribution in [0.5, 0.6) is 5.75 Å². The van der Waals surface area contributed by atoms with Crippen LogP contribution < -0.4 is 10.1 Å². The van der Waals surface area contributed by atoms with Gasteiger partial charge in [-0.1, -0.05) is 5.92 Å². The van der Waals surface area contributed by atoms with Gasteiger partial charge in [-0.3, -0.25) is 0 Å². The fraction of sp³-hybridized carbons (Fsp3) is 0.438. The van der Waals surface area contributed by atoms with Crippen molar-refractivity contribution in [3.63, 3.8) is 0 Å². The minimum absolute atomic E-state index is 0.0325. The molecule has 0 spiro atoms. The maximum atomic E-state index is 13.4. The number of aliphatic hydroxyl groups excluding tert-OH is 1. The van der Waals surface area contributed by atoms with E-state index >= 15 is 0 Å². The molecule has 5 nitrogen and oxygen atoms in total. The van der Waals surface area contributed by atoms with E-state index in [9.17, 15) is 14.3 Å². The van der Waals surface area contributed by atoms with Crippen molar-refractivity contribution < 1.29 is 19.0 Å². The average Bonchev–Trinajstić information content (AvgIpc) is 2.54. The van der Waals surface area contributed by atoms with Crippen LogP contribution in [0.4, 0.5) is 14.9 Å². The zero-order valence-corrected chi connectivity index (χ0v) is 12.2. The van der Waals surface area contributed by atoms with Gasteiger partial charge < -0.3 is 20.1 Å². The Morgan fingerprint density at radius 3 is 3.14 bits per heavy atom. The van der Waals surface area contributed by atoms with Crippen LogP contribution in [-0.2, 0) is 0 Å². The first-order valence-electron chi connectivity index (χ1n) is 7.16. The van der Waals surface area contributed by atoms with Gasteiger partial charge in [-0.2, -0.15) is 0 Å². The van der Waals surface area contributed by atoms with E-state index in [2.05, 4.69) is 11.2 Å². The van der Waals surface area contributed by atoms with E-state index in [4.69, 9.17) is 11.2 Å². The second-order valence-electron chi connectivity index (χ2n) is 5.20. The number of piperidine rings is 1. The Morgan fingerprint density at radius 1 is 1.59 bits per heavy atom. The van der Waals surface area contributed by atoms with Gasteiger partial charge in [0.05, 0.1) is 5.69 Å². The van der Waals surface area contributed by atoms with Crippen molar-refractivity contribution >= 4 is 11.7 Å². The summed E-state index contributed by atoms with van der Waals surface area (Å²) in [6.07, 6.45) is 6.87. The first-order valence-corrected chi connectivity index (χ1v) is 7.16. The lowest BCUT2D eigenvalue weighted by Crippen LogP contribution is -2.43. The number of aliphatic hydroxyl groups is 1. The van der Waals surface area contributed by atoms with Crippen LogP contribution in [0.3, 0.4) is 0 Å². The normalized spacial score (nSPS) is 17.7. The molecule has 2 N–H and O–H groups in total. The Balaban J connectivity index is 2.07. The molecule has 0 bridgehead atoms. The smallest absolute Gasteiger partial charge is 0.321 e. The van der Waals surface area contributed by atoms with Crippen molar-refractivity contribution in [3.8, 4) is 18.1 Å². The van der Waals surface area contributed by atoms with Crippen molar-refractivity contribution in [3.05, 3.63) is 24.0 Å². The summed E-state index contributed by atoms with van der Waals surface area (Å²) in [7, 11) is 0. The number of halogens is 1. The number of hydrogen-bond donors (Lipinski definition) is 2. The van der Waals surface area contributed by atoms with Crippen molar-refractivity contribution in [2.75, 3.05) is 31.6 Å². The summed E-state index contributed by atoms with van der Waals surface area (Å²) < 4.78 is 18.7. The third-order valence-electron chi connectivity index (χ3n) is 3.56. The van der Waals surface area contributed by atoms with Gasteiger partial charge in [0, 0.05) is 25.8 Å². The number of likely N-dealkylation sites (tertiary alicyclic amines) is 1. The van der Waals surface area contributed by atoms with Gasteiger partial charge in [0.25, 0.3) is 0 Å². The lowest BCUT2D eigenvalue weighted by Gasteiger charge is -2.32. The SMILES string of the molecule is C#CCOc1ccc(F)cc1NC(=O)N1CCCC(CO)C1. The molecule has 2 rings (SSSR count). The third kappa shape index (κ3) is 4.12. The Kier molecular flexibility index (Phi) is 5.61. The second kappa shape index (κ2) is 7.66. The summed E-state index contributed by atoms with van der Waals surface area (Å²) in [6.45, 7) is 1.18. The average molecular weight is 306 g/mol. The van der Waals surface area contributed by atoms with E-state index in [1.54, 1.807) is 4.90 Å². The van der Waals surface area contributed by atoms with Crippen LogP contribution in [0.1, 0.15) is 12.8 Å². The monoisotopic (exact) mass is 306 g/mol. The highest BCUT2D eigenvalue weighted by atomic mass is 19.1. The molecule has 0 aromatic heterocycles. The van der Waals surface area contributed by atoms with Gasteiger partial charge in [0.2, 0.25) is 0 Å². The molecule has 1 saturated heterocycles. The molecule has 1 aliphatic heterocycles. The van der Waals surface area contributed by atoms with Gasteiger partial charge in [-0.15, -0.1) is 6.42 Å². The molecule has 1 atom stereocenters. The highest BCUT2D eigenvalue weighted by molar-refractivity contribution is 5.91. The van der Waals surface area contributed by atoms with E-state index < -0.39 is 5.82 Å².